The molecule has 1 saturated carbocycles. The molecule has 5 heteroatoms. The number of rotatable bonds is 4. The number of hydrogen-bond donors (Lipinski definition) is 0. The molecule has 0 unspecified atom stereocenters. The number of halogens is 3. The van der Waals surface area contributed by atoms with Gasteiger partial charge < -0.3 is 4.90 Å². The van der Waals surface area contributed by atoms with Gasteiger partial charge in [-0.2, -0.15) is 0 Å². The summed E-state index contributed by atoms with van der Waals surface area (Å²) in [6, 6.07) is 4.98. The van der Waals surface area contributed by atoms with Crippen molar-refractivity contribution in [3.05, 3.63) is 34.1 Å². The van der Waals surface area contributed by atoms with E-state index in [0.717, 1.165) is 12.8 Å². The number of carbonyl (C=O) groups is 1. The highest BCUT2D eigenvalue weighted by atomic mass is 79.9. The fourth-order valence-corrected chi connectivity index (χ4v) is 2.30. The minimum Gasteiger partial charge on any atom is -0.334 e. The van der Waals surface area contributed by atoms with Gasteiger partial charge in [0.1, 0.15) is 5.82 Å². The minimum absolute atomic E-state index is 0.108. The number of benzene rings is 1. The van der Waals surface area contributed by atoms with E-state index < -0.39 is 5.82 Å². The van der Waals surface area contributed by atoms with Gasteiger partial charge in [-0.3, -0.25) is 4.79 Å². The van der Waals surface area contributed by atoms with Crippen molar-refractivity contribution in [3.8, 4) is 0 Å². The van der Waals surface area contributed by atoms with Crippen LogP contribution in [0.25, 0.3) is 0 Å². The minimum atomic E-state index is -0.502. The third-order valence-corrected chi connectivity index (χ3v) is 3.54. The molecule has 0 saturated heterocycles. The van der Waals surface area contributed by atoms with E-state index in [2.05, 4.69) is 15.9 Å². The fourth-order valence-electron chi connectivity index (χ4n) is 1.75. The highest BCUT2D eigenvalue weighted by Crippen LogP contribution is 2.29. The van der Waals surface area contributed by atoms with Crippen LogP contribution in [0.3, 0.4) is 0 Å². The van der Waals surface area contributed by atoms with Crippen LogP contribution in [-0.4, -0.2) is 29.3 Å². The average molecular weight is 321 g/mol. The second kappa shape index (κ2) is 5.36. The standard InChI is InChI=1S/C12H12BrClFNO/c13-10-3-1-2-9(11(10)15)12(17)16(7-6-14)8-4-5-8/h1-3,8H,4-7H2. The predicted molar refractivity (Wildman–Crippen MR) is 68.9 cm³/mol. The molecule has 0 radical (unpaired) electrons. The first-order valence-corrected chi connectivity index (χ1v) is 6.79. The van der Waals surface area contributed by atoms with Crippen molar-refractivity contribution in [3.63, 3.8) is 0 Å². The molecular formula is C12H12BrClFNO. The summed E-state index contributed by atoms with van der Waals surface area (Å²) in [5.74, 6) is -0.401. The molecule has 0 N–H and O–H groups in total. The molecule has 0 atom stereocenters. The Morgan fingerprint density at radius 1 is 1.53 bits per heavy atom. The van der Waals surface area contributed by atoms with Gasteiger partial charge in [0.25, 0.3) is 5.91 Å². The summed E-state index contributed by atoms with van der Waals surface area (Å²) in [7, 11) is 0. The first-order valence-electron chi connectivity index (χ1n) is 5.46. The number of amides is 1. The van der Waals surface area contributed by atoms with E-state index in [1.54, 1.807) is 17.0 Å². The molecule has 1 aliphatic carbocycles. The van der Waals surface area contributed by atoms with Crippen LogP contribution in [0.2, 0.25) is 0 Å². The van der Waals surface area contributed by atoms with Crippen molar-refractivity contribution in [2.45, 2.75) is 18.9 Å². The summed E-state index contributed by atoms with van der Waals surface area (Å²) >= 11 is 8.76. The molecule has 17 heavy (non-hydrogen) atoms. The Bertz CT molecular complexity index is 437. The highest BCUT2D eigenvalue weighted by Gasteiger charge is 2.33. The number of carbonyl (C=O) groups excluding carboxylic acids is 1. The summed E-state index contributed by atoms with van der Waals surface area (Å²) < 4.78 is 14.1. The second-order valence-corrected chi connectivity index (χ2v) is 5.25. The van der Waals surface area contributed by atoms with Crippen LogP contribution in [0.4, 0.5) is 4.39 Å². The Balaban J connectivity index is 2.25. The second-order valence-electron chi connectivity index (χ2n) is 4.02. The summed E-state index contributed by atoms with van der Waals surface area (Å²) in [6.07, 6.45) is 1.97. The summed E-state index contributed by atoms with van der Waals surface area (Å²) in [5, 5.41) is 0. The van der Waals surface area contributed by atoms with E-state index in [4.69, 9.17) is 11.6 Å². The first-order chi connectivity index (χ1) is 8.15. The summed E-state index contributed by atoms with van der Waals surface area (Å²) in [5.41, 5.74) is 0.108. The molecule has 92 valence electrons. The SMILES string of the molecule is O=C(c1cccc(Br)c1F)N(CCCl)C1CC1. The number of nitrogens with zero attached hydrogens (tertiary/aromatic N) is 1. The maximum absolute atomic E-state index is 13.8. The predicted octanol–water partition coefficient (Wildman–Crippen LogP) is 3.43. The van der Waals surface area contributed by atoms with E-state index in [1.165, 1.54) is 6.07 Å². The average Bonchev–Trinajstić information content (AvgIpc) is 3.13. The van der Waals surface area contributed by atoms with E-state index in [1.807, 2.05) is 0 Å². The molecule has 0 bridgehead atoms. The molecule has 0 heterocycles. The van der Waals surface area contributed by atoms with Crippen molar-refractivity contribution >= 4 is 33.4 Å². The van der Waals surface area contributed by atoms with Gasteiger partial charge >= 0.3 is 0 Å². The zero-order valence-corrected chi connectivity index (χ0v) is 11.5. The lowest BCUT2D eigenvalue weighted by Gasteiger charge is -2.21. The Morgan fingerprint density at radius 2 is 2.24 bits per heavy atom. The molecular weight excluding hydrogens is 308 g/mol. The lowest BCUT2D eigenvalue weighted by atomic mass is 10.2. The number of alkyl halides is 1. The highest BCUT2D eigenvalue weighted by molar-refractivity contribution is 9.10. The molecule has 2 nitrogen and oxygen atoms in total. The molecule has 2 rings (SSSR count). The van der Waals surface area contributed by atoms with Crippen molar-refractivity contribution in [2.24, 2.45) is 0 Å². The van der Waals surface area contributed by atoms with Crippen LogP contribution >= 0.6 is 27.5 Å². The van der Waals surface area contributed by atoms with Gasteiger partial charge in [0.15, 0.2) is 0 Å². The van der Waals surface area contributed by atoms with Crippen molar-refractivity contribution in [1.82, 2.24) is 4.90 Å². The van der Waals surface area contributed by atoms with Crippen LogP contribution in [0.1, 0.15) is 23.2 Å². The van der Waals surface area contributed by atoms with Crippen molar-refractivity contribution < 1.29 is 9.18 Å². The molecule has 0 spiro atoms. The van der Waals surface area contributed by atoms with Crippen LogP contribution < -0.4 is 0 Å². The Kier molecular flexibility index (Phi) is 4.05. The molecule has 1 aromatic rings. The molecule has 1 amide bonds. The lowest BCUT2D eigenvalue weighted by Crippen LogP contribution is -2.35. The van der Waals surface area contributed by atoms with E-state index >= 15 is 0 Å². The van der Waals surface area contributed by atoms with Gasteiger partial charge in [0, 0.05) is 18.5 Å². The van der Waals surface area contributed by atoms with E-state index in [0.29, 0.717) is 16.9 Å². The molecule has 1 aromatic carbocycles. The quantitative estimate of drug-likeness (QED) is 0.778. The van der Waals surface area contributed by atoms with Crippen LogP contribution in [0, 0.1) is 5.82 Å². The Labute approximate surface area is 113 Å². The van der Waals surface area contributed by atoms with E-state index in [-0.39, 0.29) is 17.5 Å². The van der Waals surface area contributed by atoms with Crippen LogP contribution in [0.5, 0.6) is 0 Å². The van der Waals surface area contributed by atoms with Gasteiger partial charge in [0.2, 0.25) is 0 Å². The van der Waals surface area contributed by atoms with Crippen LogP contribution in [0.15, 0.2) is 22.7 Å². The fraction of sp³-hybridized carbons (Fsp3) is 0.417. The lowest BCUT2D eigenvalue weighted by molar-refractivity contribution is 0.0749. The van der Waals surface area contributed by atoms with Gasteiger partial charge in [-0.25, -0.2) is 4.39 Å². The summed E-state index contributed by atoms with van der Waals surface area (Å²) in [4.78, 5) is 13.9. The third kappa shape index (κ3) is 2.80. The van der Waals surface area contributed by atoms with E-state index in [9.17, 15) is 9.18 Å². The smallest absolute Gasteiger partial charge is 0.257 e. The molecule has 0 aromatic heterocycles. The Morgan fingerprint density at radius 3 is 2.82 bits per heavy atom. The monoisotopic (exact) mass is 319 g/mol. The van der Waals surface area contributed by atoms with Gasteiger partial charge in [-0.05, 0) is 40.9 Å². The van der Waals surface area contributed by atoms with Crippen molar-refractivity contribution in [2.75, 3.05) is 12.4 Å². The van der Waals surface area contributed by atoms with Gasteiger partial charge in [-0.15, -0.1) is 11.6 Å². The molecule has 1 fully saturated rings. The topological polar surface area (TPSA) is 20.3 Å². The van der Waals surface area contributed by atoms with Crippen molar-refractivity contribution in [1.29, 1.82) is 0 Å². The maximum Gasteiger partial charge on any atom is 0.257 e. The largest absolute Gasteiger partial charge is 0.334 e. The first kappa shape index (κ1) is 12.8. The summed E-state index contributed by atoms with van der Waals surface area (Å²) in [6.45, 7) is 0.469. The number of hydrogen-bond acceptors (Lipinski definition) is 1. The molecule has 0 aliphatic heterocycles. The normalized spacial score (nSPS) is 14.8. The third-order valence-electron chi connectivity index (χ3n) is 2.76. The molecule has 1 aliphatic rings. The maximum atomic E-state index is 13.8. The zero-order chi connectivity index (χ0) is 12.4. The van der Waals surface area contributed by atoms with Crippen LogP contribution in [-0.2, 0) is 0 Å². The zero-order valence-electron chi connectivity index (χ0n) is 9.13. The Hall–Kier alpha value is -0.610. The van der Waals surface area contributed by atoms with Gasteiger partial charge in [-0.1, -0.05) is 6.07 Å². The van der Waals surface area contributed by atoms with Gasteiger partial charge in [0.05, 0.1) is 10.0 Å².